The zero-order chi connectivity index (χ0) is 16.1. The Kier molecular flexibility index (Phi) is 5.84. The number of likely N-dealkylation sites (tertiary alicyclic amines) is 1. The van der Waals surface area contributed by atoms with Crippen LogP contribution in [0.4, 0.5) is 0 Å². The van der Waals surface area contributed by atoms with Gasteiger partial charge in [-0.05, 0) is 25.0 Å². The van der Waals surface area contributed by atoms with E-state index < -0.39 is 0 Å². The molecule has 0 saturated carbocycles. The number of benzene rings is 1. The molecule has 23 heavy (non-hydrogen) atoms. The van der Waals surface area contributed by atoms with Crippen molar-refractivity contribution in [3.8, 4) is 10.6 Å². The average Bonchev–Trinajstić information content (AvgIpc) is 2.95. The Balaban J connectivity index is 1.65. The number of halogens is 1. The summed E-state index contributed by atoms with van der Waals surface area (Å²) in [5.74, 6) is 0.220. The van der Waals surface area contributed by atoms with Crippen molar-refractivity contribution in [2.75, 3.05) is 13.1 Å². The van der Waals surface area contributed by atoms with Gasteiger partial charge in [0, 0.05) is 28.5 Å². The highest BCUT2D eigenvalue weighted by Gasteiger charge is 2.16. The Morgan fingerprint density at radius 1 is 1.17 bits per heavy atom. The van der Waals surface area contributed by atoms with E-state index in [1.54, 1.807) is 11.3 Å². The second-order valence-electron chi connectivity index (χ2n) is 5.98. The van der Waals surface area contributed by atoms with Crippen LogP contribution in [0, 0.1) is 0 Å². The van der Waals surface area contributed by atoms with Gasteiger partial charge in [0.2, 0.25) is 5.91 Å². The van der Waals surface area contributed by atoms with E-state index in [0.717, 1.165) is 46.7 Å². The van der Waals surface area contributed by atoms with Gasteiger partial charge in [-0.15, -0.1) is 11.3 Å². The number of thiazole rings is 1. The highest BCUT2D eigenvalue weighted by atomic mass is 79.9. The van der Waals surface area contributed by atoms with Crippen LogP contribution in [0.5, 0.6) is 0 Å². The number of hydrogen-bond acceptors (Lipinski definition) is 3. The number of carbonyl (C=O) groups excluding carboxylic acids is 1. The highest BCUT2D eigenvalue weighted by molar-refractivity contribution is 9.10. The molecule has 3 nitrogen and oxygen atoms in total. The number of hydrogen-bond donors (Lipinski definition) is 0. The summed E-state index contributed by atoms with van der Waals surface area (Å²) in [7, 11) is 0. The minimum atomic E-state index is 0.220. The maximum Gasteiger partial charge on any atom is 0.228 e. The van der Waals surface area contributed by atoms with Gasteiger partial charge in [0.15, 0.2) is 0 Å². The molecule has 2 aromatic rings. The normalized spacial score (nSPS) is 16.0. The molecule has 1 aliphatic rings. The summed E-state index contributed by atoms with van der Waals surface area (Å²) in [5, 5.41) is 2.99. The topological polar surface area (TPSA) is 33.2 Å². The van der Waals surface area contributed by atoms with Crippen LogP contribution in [0.25, 0.3) is 10.6 Å². The molecule has 0 N–H and O–H groups in total. The highest BCUT2D eigenvalue weighted by Crippen LogP contribution is 2.26. The molecule has 5 heteroatoms. The molecule has 1 fully saturated rings. The maximum absolute atomic E-state index is 12.5. The number of amides is 1. The Labute approximate surface area is 149 Å². The van der Waals surface area contributed by atoms with Crippen LogP contribution in [0.15, 0.2) is 34.1 Å². The van der Waals surface area contributed by atoms with Gasteiger partial charge in [-0.3, -0.25) is 4.79 Å². The number of aromatic nitrogens is 1. The lowest BCUT2D eigenvalue weighted by Gasteiger charge is -2.24. The molecule has 0 bridgehead atoms. The number of nitrogens with zero attached hydrogens (tertiary/aromatic N) is 2. The fourth-order valence-electron chi connectivity index (χ4n) is 2.91. The van der Waals surface area contributed by atoms with Crippen LogP contribution in [0.2, 0.25) is 0 Å². The second kappa shape index (κ2) is 8.06. The smallest absolute Gasteiger partial charge is 0.228 e. The van der Waals surface area contributed by atoms with Crippen LogP contribution < -0.4 is 0 Å². The Bertz CT molecular complexity index is 663. The van der Waals surface area contributed by atoms with Crippen LogP contribution in [-0.2, 0) is 11.2 Å². The predicted octanol–water partition coefficient (Wildman–Crippen LogP) is 4.91. The summed E-state index contributed by atoms with van der Waals surface area (Å²) < 4.78 is 1.04. The molecule has 122 valence electrons. The van der Waals surface area contributed by atoms with Gasteiger partial charge in [0.05, 0.1) is 12.1 Å². The van der Waals surface area contributed by atoms with Crippen molar-refractivity contribution in [3.63, 3.8) is 0 Å². The van der Waals surface area contributed by atoms with E-state index in [2.05, 4.69) is 27.0 Å². The van der Waals surface area contributed by atoms with Gasteiger partial charge in [-0.1, -0.05) is 47.3 Å². The first-order valence-electron chi connectivity index (χ1n) is 8.20. The summed E-state index contributed by atoms with van der Waals surface area (Å²) in [4.78, 5) is 19.2. The van der Waals surface area contributed by atoms with E-state index in [0.29, 0.717) is 6.42 Å². The molecule has 1 aromatic carbocycles. The van der Waals surface area contributed by atoms with Crippen molar-refractivity contribution in [2.24, 2.45) is 0 Å². The zero-order valence-electron chi connectivity index (χ0n) is 13.1. The third-order valence-electron chi connectivity index (χ3n) is 4.16. The van der Waals surface area contributed by atoms with E-state index in [9.17, 15) is 4.79 Å². The molecule has 1 saturated heterocycles. The van der Waals surface area contributed by atoms with Crippen LogP contribution in [-0.4, -0.2) is 28.9 Å². The lowest BCUT2D eigenvalue weighted by atomic mass is 10.1. The Morgan fingerprint density at radius 3 is 2.65 bits per heavy atom. The number of rotatable bonds is 3. The van der Waals surface area contributed by atoms with E-state index >= 15 is 0 Å². The van der Waals surface area contributed by atoms with E-state index in [4.69, 9.17) is 0 Å². The standard InChI is InChI=1S/C18H21BrN2OS/c19-15-8-6-7-14(11-15)18-20-16(13-23-18)12-17(22)21-9-4-2-1-3-5-10-21/h6-8,11,13H,1-5,9-10,12H2. The monoisotopic (exact) mass is 392 g/mol. The van der Waals surface area contributed by atoms with Gasteiger partial charge in [-0.25, -0.2) is 4.98 Å². The molecule has 0 unspecified atom stereocenters. The molecule has 0 atom stereocenters. The Morgan fingerprint density at radius 2 is 1.91 bits per heavy atom. The summed E-state index contributed by atoms with van der Waals surface area (Å²) in [6.45, 7) is 1.81. The predicted molar refractivity (Wildman–Crippen MR) is 98.6 cm³/mol. The molecule has 2 heterocycles. The summed E-state index contributed by atoms with van der Waals surface area (Å²) >= 11 is 5.09. The SMILES string of the molecule is O=C(Cc1csc(-c2cccc(Br)c2)n1)N1CCCCCCC1. The molecular formula is C18H21BrN2OS. The minimum absolute atomic E-state index is 0.220. The molecule has 0 aliphatic carbocycles. The quantitative estimate of drug-likeness (QED) is 0.743. The largest absolute Gasteiger partial charge is 0.342 e. The fraction of sp³-hybridized carbons (Fsp3) is 0.444. The van der Waals surface area contributed by atoms with Gasteiger partial charge in [0.25, 0.3) is 0 Å². The second-order valence-corrected chi connectivity index (χ2v) is 7.75. The van der Waals surface area contributed by atoms with Crippen LogP contribution in [0.3, 0.4) is 0 Å². The summed E-state index contributed by atoms with van der Waals surface area (Å²) in [5.41, 5.74) is 1.98. The fourth-order valence-corrected chi connectivity index (χ4v) is 4.12. The van der Waals surface area contributed by atoms with Gasteiger partial charge in [0.1, 0.15) is 5.01 Å². The van der Waals surface area contributed by atoms with Gasteiger partial charge < -0.3 is 4.90 Å². The molecule has 1 aromatic heterocycles. The van der Waals surface area contributed by atoms with Crippen molar-refractivity contribution in [3.05, 3.63) is 39.8 Å². The maximum atomic E-state index is 12.5. The molecule has 3 rings (SSSR count). The summed E-state index contributed by atoms with van der Waals surface area (Å²) in [6.07, 6.45) is 6.48. The van der Waals surface area contributed by atoms with Crippen molar-refractivity contribution >= 4 is 33.2 Å². The third kappa shape index (κ3) is 4.64. The van der Waals surface area contributed by atoms with Gasteiger partial charge in [-0.2, -0.15) is 0 Å². The first kappa shape index (κ1) is 16.7. The molecule has 1 aliphatic heterocycles. The van der Waals surface area contributed by atoms with Crippen LogP contribution >= 0.6 is 27.3 Å². The van der Waals surface area contributed by atoms with Crippen LogP contribution in [0.1, 0.15) is 37.8 Å². The molecular weight excluding hydrogens is 372 g/mol. The van der Waals surface area contributed by atoms with E-state index in [1.165, 1.54) is 19.3 Å². The van der Waals surface area contributed by atoms with E-state index in [-0.39, 0.29) is 5.91 Å². The molecule has 0 spiro atoms. The van der Waals surface area contributed by atoms with Crippen molar-refractivity contribution < 1.29 is 4.79 Å². The average molecular weight is 393 g/mol. The van der Waals surface area contributed by atoms with E-state index in [1.807, 2.05) is 28.5 Å². The third-order valence-corrected chi connectivity index (χ3v) is 5.60. The number of carbonyl (C=O) groups is 1. The Hall–Kier alpha value is -1.20. The molecule has 1 amide bonds. The lowest BCUT2D eigenvalue weighted by molar-refractivity contribution is -0.130. The lowest BCUT2D eigenvalue weighted by Crippen LogP contribution is -2.34. The van der Waals surface area contributed by atoms with Crippen molar-refractivity contribution in [2.45, 2.75) is 38.5 Å². The zero-order valence-corrected chi connectivity index (χ0v) is 15.5. The minimum Gasteiger partial charge on any atom is -0.342 e. The van der Waals surface area contributed by atoms with Crippen molar-refractivity contribution in [1.29, 1.82) is 0 Å². The van der Waals surface area contributed by atoms with Gasteiger partial charge >= 0.3 is 0 Å². The molecule has 0 radical (unpaired) electrons. The van der Waals surface area contributed by atoms with Crippen molar-refractivity contribution in [1.82, 2.24) is 9.88 Å². The first-order chi connectivity index (χ1) is 11.2. The summed E-state index contributed by atoms with van der Waals surface area (Å²) in [6, 6.07) is 8.12. The first-order valence-corrected chi connectivity index (χ1v) is 9.88.